The first-order valence-electron chi connectivity index (χ1n) is 12.0. The summed E-state index contributed by atoms with van der Waals surface area (Å²) in [5.74, 6) is 0.979. The number of nitrogens with one attached hydrogen (secondary N) is 1. The molecule has 2 aromatic carbocycles. The van der Waals surface area contributed by atoms with Gasteiger partial charge in [0, 0.05) is 42.3 Å². The molecule has 4 N–H and O–H groups in total. The molecule has 9 nitrogen and oxygen atoms in total. The summed E-state index contributed by atoms with van der Waals surface area (Å²) in [6, 6.07) is 11.8. The van der Waals surface area contributed by atoms with Gasteiger partial charge in [-0.1, -0.05) is 19.1 Å². The van der Waals surface area contributed by atoms with Crippen LogP contribution in [0, 0.1) is 18.7 Å². The summed E-state index contributed by atoms with van der Waals surface area (Å²) in [6.07, 6.45) is 3.13. The lowest BCUT2D eigenvalue weighted by atomic mass is 9.96. The van der Waals surface area contributed by atoms with E-state index in [-0.39, 0.29) is 17.6 Å². The number of hydrogen-bond donors (Lipinski definition) is 3. The SMILES string of the molecule is Cc1ccc2c(N)c(F)ccc2c1Oc1ncccc1-c1ccnc(NC2CC(C)CN(C(=O)O)C2)n1. The molecular formula is C27H27FN6O3. The summed E-state index contributed by atoms with van der Waals surface area (Å²) < 4.78 is 20.4. The first-order valence-corrected chi connectivity index (χ1v) is 12.0. The van der Waals surface area contributed by atoms with Gasteiger partial charge in [-0.25, -0.2) is 24.1 Å². The number of nitrogen functional groups attached to an aromatic ring is 1. The quantitative estimate of drug-likeness (QED) is 0.313. The minimum absolute atomic E-state index is 0.0635. The largest absolute Gasteiger partial charge is 0.465 e. The summed E-state index contributed by atoms with van der Waals surface area (Å²) in [4.78, 5) is 26.3. The van der Waals surface area contributed by atoms with Crippen molar-refractivity contribution < 1.29 is 19.0 Å². The van der Waals surface area contributed by atoms with E-state index in [0.717, 1.165) is 12.0 Å². The van der Waals surface area contributed by atoms with Crippen LogP contribution in [0.25, 0.3) is 22.0 Å². The number of ether oxygens (including phenoxy) is 1. The maximum absolute atomic E-state index is 14.1. The van der Waals surface area contributed by atoms with E-state index in [2.05, 4.69) is 20.3 Å². The Hall–Kier alpha value is -4.47. The van der Waals surface area contributed by atoms with Crippen molar-refractivity contribution in [2.24, 2.45) is 5.92 Å². The number of amides is 1. The van der Waals surface area contributed by atoms with Crippen molar-refractivity contribution >= 4 is 28.5 Å². The van der Waals surface area contributed by atoms with E-state index in [9.17, 15) is 14.3 Å². The van der Waals surface area contributed by atoms with Crippen molar-refractivity contribution in [3.63, 3.8) is 0 Å². The van der Waals surface area contributed by atoms with Gasteiger partial charge in [-0.3, -0.25) is 0 Å². The van der Waals surface area contributed by atoms with Crippen LogP contribution in [-0.2, 0) is 0 Å². The van der Waals surface area contributed by atoms with Crippen LogP contribution in [0.15, 0.2) is 54.9 Å². The molecule has 1 aliphatic heterocycles. The van der Waals surface area contributed by atoms with Gasteiger partial charge in [-0.2, -0.15) is 0 Å². The highest BCUT2D eigenvalue weighted by molar-refractivity contribution is 5.98. The smallest absolute Gasteiger partial charge is 0.407 e. The standard InChI is InChI=1S/C27H27FN6O3/c1-15-12-17(14-34(13-15)27(35)36)32-26-31-11-9-22(33-26)20-4-3-10-30-25(20)37-24-16(2)5-6-18-19(24)7-8-21(28)23(18)29/h3-11,15,17H,12-14,29H2,1-2H3,(H,35,36)(H,31,32,33). The topological polar surface area (TPSA) is 126 Å². The number of rotatable bonds is 5. The molecule has 0 saturated carbocycles. The lowest BCUT2D eigenvalue weighted by molar-refractivity contribution is 0.119. The number of aromatic nitrogens is 3. The Labute approximate surface area is 213 Å². The van der Waals surface area contributed by atoms with Crippen LogP contribution in [0.5, 0.6) is 11.6 Å². The molecule has 190 valence electrons. The normalized spacial score (nSPS) is 17.5. The van der Waals surface area contributed by atoms with Crippen LogP contribution < -0.4 is 15.8 Å². The number of piperidine rings is 1. The minimum Gasteiger partial charge on any atom is -0.465 e. The molecule has 1 fully saturated rings. The Balaban J connectivity index is 1.46. The Morgan fingerprint density at radius 1 is 1.14 bits per heavy atom. The van der Waals surface area contributed by atoms with Crippen molar-refractivity contribution in [2.75, 3.05) is 24.1 Å². The van der Waals surface area contributed by atoms with Crippen LogP contribution in [0.1, 0.15) is 18.9 Å². The second-order valence-electron chi connectivity index (χ2n) is 9.36. The van der Waals surface area contributed by atoms with Gasteiger partial charge in [0.25, 0.3) is 0 Å². The van der Waals surface area contributed by atoms with E-state index in [4.69, 9.17) is 10.5 Å². The second-order valence-corrected chi connectivity index (χ2v) is 9.36. The molecule has 5 rings (SSSR count). The fourth-order valence-corrected chi connectivity index (χ4v) is 4.76. The fraction of sp³-hybridized carbons (Fsp3) is 0.259. The molecule has 0 radical (unpaired) electrons. The summed E-state index contributed by atoms with van der Waals surface area (Å²) in [5, 5.41) is 13.9. The van der Waals surface area contributed by atoms with Gasteiger partial charge >= 0.3 is 6.09 Å². The van der Waals surface area contributed by atoms with Crippen molar-refractivity contribution in [2.45, 2.75) is 26.3 Å². The molecule has 2 atom stereocenters. The monoisotopic (exact) mass is 502 g/mol. The molecule has 3 heterocycles. The molecule has 0 aliphatic carbocycles. The van der Waals surface area contributed by atoms with Gasteiger partial charge in [0.1, 0.15) is 11.6 Å². The lowest BCUT2D eigenvalue weighted by Gasteiger charge is -2.35. The molecule has 2 unspecified atom stereocenters. The van der Waals surface area contributed by atoms with Crippen molar-refractivity contribution in [3.05, 3.63) is 66.2 Å². The fourth-order valence-electron chi connectivity index (χ4n) is 4.76. The first kappa shape index (κ1) is 24.2. The van der Waals surface area contributed by atoms with Crippen LogP contribution in [0.2, 0.25) is 0 Å². The van der Waals surface area contributed by atoms with E-state index in [1.54, 1.807) is 36.7 Å². The van der Waals surface area contributed by atoms with Gasteiger partial charge in [0.2, 0.25) is 11.8 Å². The first-order chi connectivity index (χ1) is 17.8. The zero-order valence-corrected chi connectivity index (χ0v) is 20.5. The van der Waals surface area contributed by atoms with Crippen molar-refractivity contribution in [1.82, 2.24) is 19.9 Å². The number of aryl methyl sites for hydroxylation is 1. The second kappa shape index (κ2) is 9.88. The van der Waals surface area contributed by atoms with Gasteiger partial charge in [-0.15, -0.1) is 0 Å². The van der Waals surface area contributed by atoms with Crippen LogP contribution in [0.3, 0.4) is 0 Å². The predicted molar refractivity (Wildman–Crippen MR) is 139 cm³/mol. The maximum atomic E-state index is 14.1. The Morgan fingerprint density at radius 2 is 1.95 bits per heavy atom. The highest BCUT2D eigenvalue weighted by Crippen LogP contribution is 2.38. The van der Waals surface area contributed by atoms with Crippen LogP contribution in [0.4, 0.5) is 20.8 Å². The molecule has 4 aromatic rings. The Morgan fingerprint density at radius 3 is 2.76 bits per heavy atom. The summed E-state index contributed by atoms with van der Waals surface area (Å²) >= 11 is 0. The number of carboxylic acid groups (broad SMARTS) is 1. The molecule has 1 aliphatic rings. The summed E-state index contributed by atoms with van der Waals surface area (Å²) in [6.45, 7) is 4.79. The van der Waals surface area contributed by atoms with Crippen LogP contribution >= 0.6 is 0 Å². The highest BCUT2D eigenvalue weighted by Gasteiger charge is 2.28. The number of fused-ring (bicyclic) bond motifs is 1. The number of anilines is 2. The number of nitrogens with two attached hydrogens (primary N) is 1. The van der Waals surface area contributed by atoms with E-state index >= 15 is 0 Å². The zero-order chi connectivity index (χ0) is 26.1. The predicted octanol–water partition coefficient (Wildman–Crippen LogP) is 5.31. The number of carbonyl (C=O) groups is 1. The van der Waals surface area contributed by atoms with Gasteiger partial charge < -0.3 is 25.8 Å². The van der Waals surface area contributed by atoms with Crippen molar-refractivity contribution in [1.29, 1.82) is 0 Å². The molecule has 37 heavy (non-hydrogen) atoms. The average Bonchev–Trinajstić information content (AvgIpc) is 2.88. The summed E-state index contributed by atoms with van der Waals surface area (Å²) in [5.41, 5.74) is 8.11. The summed E-state index contributed by atoms with van der Waals surface area (Å²) in [7, 11) is 0. The minimum atomic E-state index is -0.932. The van der Waals surface area contributed by atoms with Gasteiger partial charge in [-0.05, 0) is 55.2 Å². The third kappa shape index (κ3) is 4.95. The Kier molecular flexibility index (Phi) is 6.47. The van der Waals surface area contributed by atoms with Crippen LogP contribution in [-0.4, -0.2) is 50.2 Å². The molecule has 1 saturated heterocycles. The molecule has 10 heteroatoms. The highest BCUT2D eigenvalue weighted by atomic mass is 19.1. The van der Waals surface area contributed by atoms with E-state index in [1.165, 1.54) is 11.0 Å². The molecule has 1 amide bonds. The molecular weight excluding hydrogens is 475 g/mol. The average molecular weight is 503 g/mol. The van der Waals surface area contributed by atoms with E-state index in [1.807, 2.05) is 26.0 Å². The lowest BCUT2D eigenvalue weighted by Crippen LogP contribution is -2.47. The van der Waals surface area contributed by atoms with Crippen molar-refractivity contribution in [3.8, 4) is 22.9 Å². The van der Waals surface area contributed by atoms with Gasteiger partial charge in [0.15, 0.2) is 0 Å². The molecule has 0 spiro atoms. The number of hydrogen-bond acceptors (Lipinski definition) is 7. The number of nitrogens with zero attached hydrogens (tertiary/aromatic N) is 4. The third-order valence-corrected chi connectivity index (χ3v) is 6.50. The maximum Gasteiger partial charge on any atom is 0.407 e. The number of halogens is 1. The molecule has 2 aromatic heterocycles. The van der Waals surface area contributed by atoms with E-state index in [0.29, 0.717) is 52.7 Å². The van der Waals surface area contributed by atoms with E-state index < -0.39 is 11.9 Å². The van der Waals surface area contributed by atoms with Gasteiger partial charge in [0.05, 0.1) is 16.9 Å². The third-order valence-electron chi connectivity index (χ3n) is 6.50. The Bertz CT molecular complexity index is 1480. The number of pyridine rings is 1. The number of benzene rings is 2. The number of likely N-dealkylation sites (tertiary alicyclic amines) is 1. The molecule has 0 bridgehead atoms. The zero-order valence-electron chi connectivity index (χ0n) is 20.5.